The monoisotopic (exact) mass is 238 g/mol. The molecule has 5 nitrogen and oxygen atoms in total. The minimum absolute atomic E-state index is 0.430. The SMILES string of the molecule is Cn1ccc(C2(O)CCC3(CC2)OCCO3)n1. The summed E-state index contributed by atoms with van der Waals surface area (Å²) < 4.78 is 13.0. The summed E-state index contributed by atoms with van der Waals surface area (Å²) in [6.45, 7) is 1.34. The van der Waals surface area contributed by atoms with E-state index in [9.17, 15) is 5.11 Å². The minimum Gasteiger partial charge on any atom is -0.383 e. The summed E-state index contributed by atoms with van der Waals surface area (Å²) in [5.74, 6) is -0.430. The Kier molecular flexibility index (Phi) is 2.50. The Morgan fingerprint density at radius 3 is 2.41 bits per heavy atom. The number of hydrogen-bond donors (Lipinski definition) is 1. The number of rotatable bonds is 1. The number of nitrogens with zero attached hydrogens (tertiary/aromatic N) is 2. The van der Waals surface area contributed by atoms with E-state index in [1.807, 2.05) is 19.3 Å². The van der Waals surface area contributed by atoms with Crippen LogP contribution in [0.2, 0.25) is 0 Å². The van der Waals surface area contributed by atoms with E-state index in [2.05, 4.69) is 5.10 Å². The molecule has 0 radical (unpaired) electrons. The first-order chi connectivity index (χ1) is 8.12. The topological polar surface area (TPSA) is 56.5 Å². The van der Waals surface area contributed by atoms with E-state index in [-0.39, 0.29) is 0 Å². The molecule has 1 aliphatic carbocycles. The van der Waals surface area contributed by atoms with Crippen molar-refractivity contribution in [2.75, 3.05) is 13.2 Å². The lowest BCUT2D eigenvalue weighted by Crippen LogP contribution is -2.42. The highest BCUT2D eigenvalue weighted by Crippen LogP contribution is 2.44. The number of ether oxygens (including phenoxy) is 2. The van der Waals surface area contributed by atoms with Gasteiger partial charge in [0.1, 0.15) is 5.60 Å². The second kappa shape index (κ2) is 3.80. The van der Waals surface area contributed by atoms with Crippen molar-refractivity contribution < 1.29 is 14.6 Å². The fourth-order valence-corrected chi connectivity index (χ4v) is 2.75. The maximum atomic E-state index is 10.6. The van der Waals surface area contributed by atoms with Gasteiger partial charge in [0.05, 0.1) is 18.9 Å². The highest BCUT2D eigenvalue weighted by molar-refractivity contribution is 5.12. The van der Waals surface area contributed by atoms with Crippen molar-refractivity contribution in [3.63, 3.8) is 0 Å². The number of aromatic nitrogens is 2. The molecule has 0 bridgehead atoms. The molecule has 1 saturated heterocycles. The summed E-state index contributed by atoms with van der Waals surface area (Å²) in [5, 5.41) is 14.9. The molecule has 1 aromatic heterocycles. The summed E-state index contributed by atoms with van der Waals surface area (Å²) in [6, 6.07) is 1.88. The van der Waals surface area contributed by atoms with Gasteiger partial charge in [-0.1, -0.05) is 0 Å². The third-order valence-corrected chi connectivity index (χ3v) is 3.84. The van der Waals surface area contributed by atoms with Crippen molar-refractivity contribution in [1.29, 1.82) is 0 Å². The maximum absolute atomic E-state index is 10.6. The zero-order valence-corrected chi connectivity index (χ0v) is 10.1. The highest BCUT2D eigenvalue weighted by atomic mass is 16.7. The molecule has 0 aromatic carbocycles. The van der Waals surface area contributed by atoms with E-state index < -0.39 is 11.4 Å². The molecule has 2 heterocycles. The lowest BCUT2D eigenvalue weighted by atomic mass is 9.79. The Hall–Kier alpha value is -0.910. The van der Waals surface area contributed by atoms with Crippen molar-refractivity contribution in [3.8, 4) is 0 Å². The standard InChI is InChI=1S/C12H18N2O3/c1-14-7-2-10(13-14)11(15)3-5-12(6-4-11)16-8-9-17-12/h2,7,15H,3-6,8-9H2,1H3. The third-order valence-electron chi connectivity index (χ3n) is 3.84. The molecule has 3 rings (SSSR count). The van der Waals surface area contributed by atoms with E-state index in [1.54, 1.807) is 4.68 Å². The molecule has 2 fully saturated rings. The van der Waals surface area contributed by atoms with Crippen LogP contribution in [0.3, 0.4) is 0 Å². The summed E-state index contributed by atoms with van der Waals surface area (Å²) in [6.07, 6.45) is 4.62. The van der Waals surface area contributed by atoms with E-state index in [0.29, 0.717) is 26.1 Å². The van der Waals surface area contributed by atoms with Gasteiger partial charge in [-0.05, 0) is 18.9 Å². The molecule has 17 heavy (non-hydrogen) atoms. The second-order valence-electron chi connectivity index (χ2n) is 5.01. The van der Waals surface area contributed by atoms with E-state index in [1.165, 1.54) is 0 Å². The van der Waals surface area contributed by atoms with Gasteiger partial charge in [-0.3, -0.25) is 4.68 Å². The average Bonchev–Trinajstić information content (AvgIpc) is 2.94. The van der Waals surface area contributed by atoms with Crippen LogP contribution in [0.5, 0.6) is 0 Å². The van der Waals surface area contributed by atoms with Gasteiger partial charge in [0.25, 0.3) is 0 Å². The predicted molar refractivity (Wildman–Crippen MR) is 60.2 cm³/mol. The first-order valence-electron chi connectivity index (χ1n) is 6.12. The van der Waals surface area contributed by atoms with Crippen LogP contribution < -0.4 is 0 Å². The summed E-state index contributed by atoms with van der Waals surface area (Å²) >= 11 is 0. The van der Waals surface area contributed by atoms with Gasteiger partial charge in [0, 0.05) is 26.1 Å². The predicted octanol–water partition coefficient (Wildman–Crippen LogP) is 0.925. The van der Waals surface area contributed by atoms with Gasteiger partial charge in [-0.2, -0.15) is 5.10 Å². The van der Waals surface area contributed by atoms with Gasteiger partial charge in [-0.25, -0.2) is 0 Å². The first-order valence-corrected chi connectivity index (χ1v) is 6.12. The molecule has 1 aromatic rings. The van der Waals surface area contributed by atoms with Crippen LogP contribution in [0, 0.1) is 0 Å². The molecule has 1 N–H and O–H groups in total. The lowest BCUT2D eigenvalue weighted by Gasteiger charge is -2.39. The first kappa shape index (κ1) is 11.2. The minimum atomic E-state index is -0.818. The quantitative estimate of drug-likeness (QED) is 0.790. The van der Waals surface area contributed by atoms with E-state index in [0.717, 1.165) is 18.5 Å². The molecule has 5 heteroatoms. The highest BCUT2D eigenvalue weighted by Gasteiger charge is 2.47. The molecule has 94 valence electrons. The van der Waals surface area contributed by atoms with Crippen molar-refractivity contribution in [2.45, 2.75) is 37.1 Å². The fraction of sp³-hybridized carbons (Fsp3) is 0.750. The third kappa shape index (κ3) is 1.88. The normalized spacial score (nSPS) is 26.5. The summed E-state index contributed by atoms with van der Waals surface area (Å²) in [4.78, 5) is 0. The number of aryl methyl sites for hydroxylation is 1. The molecule has 0 unspecified atom stereocenters. The second-order valence-corrected chi connectivity index (χ2v) is 5.01. The van der Waals surface area contributed by atoms with E-state index >= 15 is 0 Å². The summed E-state index contributed by atoms with van der Waals surface area (Å²) in [7, 11) is 1.86. The van der Waals surface area contributed by atoms with Crippen molar-refractivity contribution in [2.24, 2.45) is 7.05 Å². The Bertz CT molecular complexity index is 400. The van der Waals surface area contributed by atoms with Crippen molar-refractivity contribution in [3.05, 3.63) is 18.0 Å². The van der Waals surface area contributed by atoms with Crippen LogP contribution in [-0.2, 0) is 22.1 Å². The smallest absolute Gasteiger partial charge is 0.168 e. The molecule has 0 atom stereocenters. The zero-order valence-electron chi connectivity index (χ0n) is 10.1. The maximum Gasteiger partial charge on any atom is 0.168 e. The molecule has 1 spiro atoms. The molecule has 2 aliphatic rings. The average molecular weight is 238 g/mol. The van der Waals surface area contributed by atoms with E-state index in [4.69, 9.17) is 9.47 Å². The molecule has 0 amide bonds. The van der Waals surface area contributed by atoms with Crippen LogP contribution in [-0.4, -0.2) is 33.9 Å². The van der Waals surface area contributed by atoms with Gasteiger partial charge in [0.2, 0.25) is 0 Å². The Balaban J connectivity index is 1.75. The Labute approximate surface area is 100 Å². The zero-order chi connectivity index (χ0) is 11.9. The fourth-order valence-electron chi connectivity index (χ4n) is 2.75. The van der Waals surface area contributed by atoms with Gasteiger partial charge in [-0.15, -0.1) is 0 Å². The summed E-state index contributed by atoms with van der Waals surface area (Å²) in [5.41, 5.74) is -0.0604. The molecule has 1 aliphatic heterocycles. The largest absolute Gasteiger partial charge is 0.383 e. The van der Waals surface area contributed by atoms with Gasteiger partial charge < -0.3 is 14.6 Å². The van der Waals surface area contributed by atoms with Crippen LogP contribution >= 0.6 is 0 Å². The molecular weight excluding hydrogens is 220 g/mol. The van der Waals surface area contributed by atoms with Crippen molar-refractivity contribution >= 4 is 0 Å². The van der Waals surface area contributed by atoms with Gasteiger partial charge in [0.15, 0.2) is 5.79 Å². The lowest BCUT2D eigenvalue weighted by molar-refractivity contribution is -0.204. The van der Waals surface area contributed by atoms with Crippen LogP contribution in [0.15, 0.2) is 12.3 Å². The van der Waals surface area contributed by atoms with Crippen LogP contribution in [0.4, 0.5) is 0 Å². The van der Waals surface area contributed by atoms with Crippen LogP contribution in [0.25, 0.3) is 0 Å². The number of hydrogen-bond acceptors (Lipinski definition) is 4. The molecular formula is C12H18N2O3. The Morgan fingerprint density at radius 2 is 1.88 bits per heavy atom. The van der Waals surface area contributed by atoms with Gasteiger partial charge >= 0.3 is 0 Å². The Morgan fingerprint density at radius 1 is 1.24 bits per heavy atom. The van der Waals surface area contributed by atoms with Crippen molar-refractivity contribution in [1.82, 2.24) is 9.78 Å². The number of aliphatic hydroxyl groups is 1. The van der Waals surface area contributed by atoms with Crippen LogP contribution in [0.1, 0.15) is 31.4 Å². The molecule has 1 saturated carbocycles.